The average Bonchev–Trinajstić information content (AvgIpc) is 2.62. The van der Waals surface area contributed by atoms with Crippen molar-refractivity contribution < 1.29 is 19.2 Å². The summed E-state index contributed by atoms with van der Waals surface area (Å²) >= 11 is 0. The van der Waals surface area contributed by atoms with Gasteiger partial charge in [0.25, 0.3) is 11.6 Å². The number of nitrogen functional groups attached to an aromatic ring is 1. The van der Waals surface area contributed by atoms with E-state index in [1.165, 1.54) is 30.3 Å². The molecule has 0 saturated heterocycles. The molecule has 0 bridgehead atoms. The molecule has 26 heavy (non-hydrogen) atoms. The first-order chi connectivity index (χ1) is 12.4. The van der Waals surface area contributed by atoms with Gasteiger partial charge in [0.1, 0.15) is 11.4 Å². The fraction of sp³-hybridized carbons (Fsp3) is 0.176. The lowest BCUT2D eigenvalue weighted by atomic mass is 10.1. The first kappa shape index (κ1) is 18.7. The van der Waals surface area contributed by atoms with Gasteiger partial charge >= 0.3 is 0 Å². The number of nitrogens with one attached hydrogen (secondary N) is 1. The Bertz CT molecular complexity index is 838. The number of benzene rings is 2. The second-order valence-electron chi connectivity index (χ2n) is 5.35. The van der Waals surface area contributed by atoms with Gasteiger partial charge in [-0.15, -0.1) is 0 Å². The minimum atomic E-state index is -0.677. The molecule has 0 aliphatic carbocycles. The molecule has 0 saturated carbocycles. The molecule has 9 heteroatoms. The monoisotopic (exact) mass is 358 g/mol. The van der Waals surface area contributed by atoms with E-state index in [4.69, 9.17) is 16.2 Å². The fourth-order valence-corrected chi connectivity index (χ4v) is 2.23. The molecule has 0 radical (unpaired) electrons. The number of anilines is 1. The smallest absolute Gasteiger partial charge is 0.295 e. The van der Waals surface area contributed by atoms with Crippen LogP contribution in [0.1, 0.15) is 27.1 Å². The summed E-state index contributed by atoms with van der Waals surface area (Å²) in [5.41, 5.74) is 10.9. The quantitative estimate of drug-likeness (QED) is 0.281. The molecule has 0 heterocycles. The van der Waals surface area contributed by atoms with Gasteiger partial charge in [-0.1, -0.05) is 12.1 Å². The molecule has 9 nitrogen and oxygen atoms in total. The lowest BCUT2D eigenvalue weighted by molar-refractivity contribution is -0.384. The molecule has 0 aromatic heterocycles. The molecule has 2 aromatic rings. The molecule has 0 fully saturated rings. The third kappa shape index (κ3) is 4.69. The van der Waals surface area contributed by atoms with Gasteiger partial charge in [-0.3, -0.25) is 19.7 Å². The molecule has 2 amide bonds. The molecule has 2 aromatic carbocycles. The average molecular weight is 358 g/mol. The van der Waals surface area contributed by atoms with Crippen molar-refractivity contribution in [2.45, 2.75) is 6.42 Å². The van der Waals surface area contributed by atoms with Gasteiger partial charge in [-0.25, -0.2) is 0 Å². The van der Waals surface area contributed by atoms with Crippen LogP contribution in [-0.2, 0) is 0 Å². The maximum atomic E-state index is 12.1. The summed E-state index contributed by atoms with van der Waals surface area (Å²) < 4.78 is 5.42. The summed E-state index contributed by atoms with van der Waals surface area (Å²) in [6.07, 6.45) is 0.461. The van der Waals surface area contributed by atoms with Crippen molar-refractivity contribution in [1.29, 1.82) is 0 Å². The Morgan fingerprint density at radius 1 is 1.15 bits per heavy atom. The highest BCUT2D eigenvalue weighted by molar-refractivity contribution is 6.06. The molecule has 0 unspecified atom stereocenters. The van der Waals surface area contributed by atoms with Crippen molar-refractivity contribution in [3.05, 3.63) is 63.7 Å². The first-order valence-corrected chi connectivity index (χ1v) is 7.74. The van der Waals surface area contributed by atoms with E-state index in [9.17, 15) is 19.7 Å². The van der Waals surface area contributed by atoms with Crippen molar-refractivity contribution in [1.82, 2.24) is 5.32 Å². The van der Waals surface area contributed by atoms with Crippen LogP contribution >= 0.6 is 0 Å². The minimum absolute atomic E-state index is 0.0581. The normalized spacial score (nSPS) is 10.2. The molecular formula is C17H18N4O5. The van der Waals surface area contributed by atoms with Crippen molar-refractivity contribution in [3.8, 4) is 5.75 Å². The number of ether oxygens (including phenoxy) is 1. The van der Waals surface area contributed by atoms with Gasteiger partial charge < -0.3 is 21.5 Å². The summed E-state index contributed by atoms with van der Waals surface area (Å²) in [5.74, 6) is -0.775. The van der Waals surface area contributed by atoms with E-state index >= 15 is 0 Å². The SMILES string of the molecule is NC(=O)c1ccccc1C(=O)NCCCOc1ccc(N)c([N+](=O)[O-])c1. The standard InChI is InChI=1S/C17H18N4O5/c18-14-7-6-11(10-15(14)21(24)25)26-9-3-8-20-17(23)13-5-2-1-4-12(13)16(19)22/h1-2,4-7,10H,3,8-9,18H2,(H2,19,22)(H,20,23). The third-order valence-electron chi connectivity index (χ3n) is 3.51. The Kier molecular flexibility index (Phi) is 6.10. The number of primary amides is 1. The molecule has 0 spiro atoms. The van der Waals surface area contributed by atoms with Gasteiger partial charge in [0.2, 0.25) is 5.91 Å². The predicted molar refractivity (Wildman–Crippen MR) is 94.9 cm³/mol. The second-order valence-corrected chi connectivity index (χ2v) is 5.35. The molecule has 2 rings (SSSR count). The third-order valence-corrected chi connectivity index (χ3v) is 3.51. The van der Waals surface area contributed by atoms with Gasteiger partial charge in [-0.2, -0.15) is 0 Å². The van der Waals surface area contributed by atoms with Crippen molar-refractivity contribution in [2.75, 3.05) is 18.9 Å². The molecule has 0 aliphatic rings. The molecule has 0 atom stereocenters. The maximum absolute atomic E-state index is 12.1. The van der Waals surface area contributed by atoms with Crippen LogP contribution in [0.25, 0.3) is 0 Å². The Labute approximate surface area is 149 Å². The topological polar surface area (TPSA) is 151 Å². The van der Waals surface area contributed by atoms with E-state index in [0.29, 0.717) is 18.7 Å². The van der Waals surface area contributed by atoms with E-state index in [1.54, 1.807) is 12.1 Å². The summed E-state index contributed by atoms with van der Waals surface area (Å²) in [6, 6.07) is 10.4. The summed E-state index contributed by atoms with van der Waals surface area (Å²) in [5, 5.41) is 13.5. The second kappa shape index (κ2) is 8.47. The number of amides is 2. The number of nitro groups is 1. The minimum Gasteiger partial charge on any atom is -0.493 e. The van der Waals surface area contributed by atoms with Crippen LogP contribution in [0.15, 0.2) is 42.5 Å². The molecule has 136 valence electrons. The van der Waals surface area contributed by atoms with Gasteiger partial charge in [0.05, 0.1) is 28.7 Å². The lowest BCUT2D eigenvalue weighted by Gasteiger charge is -2.09. The fourth-order valence-electron chi connectivity index (χ4n) is 2.23. The summed E-state index contributed by atoms with van der Waals surface area (Å²) in [7, 11) is 0. The lowest BCUT2D eigenvalue weighted by Crippen LogP contribution is -2.28. The highest BCUT2D eigenvalue weighted by Crippen LogP contribution is 2.26. The zero-order chi connectivity index (χ0) is 19.1. The number of hydrogen-bond donors (Lipinski definition) is 3. The largest absolute Gasteiger partial charge is 0.493 e. The van der Waals surface area contributed by atoms with Crippen LogP contribution < -0.4 is 21.5 Å². The molecular weight excluding hydrogens is 340 g/mol. The number of carbonyl (C=O) groups is 2. The van der Waals surface area contributed by atoms with Crippen LogP contribution in [0, 0.1) is 10.1 Å². The van der Waals surface area contributed by atoms with E-state index in [-0.39, 0.29) is 29.1 Å². The number of hydrogen-bond acceptors (Lipinski definition) is 6. The predicted octanol–water partition coefficient (Wildman–Crippen LogP) is 1.47. The van der Waals surface area contributed by atoms with Crippen LogP contribution in [0.5, 0.6) is 5.75 Å². The van der Waals surface area contributed by atoms with E-state index in [0.717, 1.165) is 0 Å². The first-order valence-electron chi connectivity index (χ1n) is 7.74. The Morgan fingerprint density at radius 2 is 1.85 bits per heavy atom. The van der Waals surface area contributed by atoms with Crippen LogP contribution in [0.2, 0.25) is 0 Å². The van der Waals surface area contributed by atoms with Crippen LogP contribution in [0.3, 0.4) is 0 Å². The highest BCUT2D eigenvalue weighted by atomic mass is 16.6. The van der Waals surface area contributed by atoms with Crippen molar-refractivity contribution in [3.63, 3.8) is 0 Å². The van der Waals surface area contributed by atoms with E-state index < -0.39 is 16.7 Å². The number of nitrogens with zero attached hydrogens (tertiary/aromatic N) is 1. The highest BCUT2D eigenvalue weighted by Gasteiger charge is 2.14. The molecule has 5 N–H and O–H groups in total. The van der Waals surface area contributed by atoms with Gasteiger partial charge in [0, 0.05) is 6.54 Å². The summed E-state index contributed by atoms with van der Waals surface area (Å²) in [4.78, 5) is 33.7. The van der Waals surface area contributed by atoms with Crippen molar-refractivity contribution >= 4 is 23.2 Å². The Hall–Kier alpha value is -3.62. The van der Waals surface area contributed by atoms with Gasteiger partial charge in [-0.05, 0) is 30.7 Å². The number of nitrogens with two attached hydrogens (primary N) is 2. The summed E-state index contributed by atoms with van der Waals surface area (Å²) in [6.45, 7) is 0.530. The number of nitro benzene ring substituents is 1. The number of rotatable bonds is 8. The van der Waals surface area contributed by atoms with E-state index in [1.807, 2.05) is 0 Å². The van der Waals surface area contributed by atoms with Crippen molar-refractivity contribution in [2.24, 2.45) is 5.73 Å². The maximum Gasteiger partial charge on any atom is 0.295 e. The molecule has 0 aliphatic heterocycles. The van der Waals surface area contributed by atoms with E-state index in [2.05, 4.69) is 5.32 Å². The number of carbonyl (C=O) groups excluding carboxylic acids is 2. The zero-order valence-corrected chi connectivity index (χ0v) is 13.8. The van der Waals surface area contributed by atoms with Crippen LogP contribution in [-0.4, -0.2) is 29.9 Å². The Balaban J connectivity index is 1.83. The zero-order valence-electron chi connectivity index (χ0n) is 13.8. The van der Waals surface area contributed by atoms with Crippen LogP contribution in [0.4, 0.5) is 11.4 Å². The Morgan fingerprint density at radius 3 is 2.50 bits per heavy atom. The van der Waals surface area contributed by atoms with Gasteiger partial charge in [0.15, 0.2) is 0 Å².